The molecule has 0 spiro atoms. The SMILES string of the molecule is Cc1ccccc1CCNC(=O)Cn1cnc2sc(C)c(-c3ccccc3)c2c1=O. The molecular weight excluding hydrogens is 394 g/mol. The van der Waals surface area contributed by atoms with Crippen molar-refractivity contribution in [3.05, 3.63) is 87.3 Å². The van der Waals surface area contributed by atoms with E-state index in [1.54, 1.807) is 0 Å². The third kappa shape index (κ3) is 4.04. The summed E-state index contributed by atoms with van der Waals surface area (Å²) in [5, 5.41) is 3.49. The van der Waals surface area contributed by atoms with Gasteiger partial charge in [0.05, 0.1) is 11.7 Å². The molecular formula is C24H23N3O2S. The number of benzene rings is 2. The standard InChI is InChI=1S/C24H23N3O2S/c1-16-8-6-7-9-18(16)12-13-25-20(28)14-27-15-26-23-22(24(27)29)21(17(2)30-23)19-10-4-3-5-11-19/h3-11,15H,12-14H2,1-2H3,(H,25,28). The van der Waals surface area contributed by atoms with Gasteiger partial charge in [0.2, 0.25) is 5.91 Å². The second-order valence-corrected chi connectivity index (χ2v) is 8.49. The Morgan fingerprint density at radius 3 is 2.57 bits per heavy atom. The lowest BCUT2D eigenvalue weighted by molar-refractivity contribution is -0.121. The van der Waals surface area contributed by atoms with Gasteiger partial charge in [-0.25, -0.2) is 4.98 Å². The third-order valence-corrected chi connectivity index (χ3v) is 6.22. The predicted octanol–water partition coefficient (Wildman–Crippen LogP) is 4.10. The monoisotopic (exact) mass is 417 g/mol. The minimum atomic E-state index is -0.194. The van der Waals surface area contributed by atoms with E-state index in [-0.39, 0.29) is 18.0 Å². The maximum atomic E-state index is 13.2. The molecule has 0 saturated carbocycles. The van der Waals surface area contributed by atoms with Crippen molar-refractivity contribution in [3.8, 4) is 11.1 Å². The van der Waals surface area contributed by atoms with E-state index in [1.807, 2.05) is 49.4 Å². The average molecular weight is 418 g/mol. The van der Waals surface area contributed by atoms with E-state index in [0.29, 0.717) is 16.8 Å². The summed E-state index contributed by atoms with van der Waals surface area (Å²) in [7, 11) is 0. The van der Waals surface area contributed by atoms with Crippen LogP contribution >= 0.6 is 11.3 Å². The molecule has 0 aliphatic carbocycles. The van der Waals surface area contributed by atoms with Crippen LogP contribution in [0.15, 0.2) is 65.7 Å². The van der Waals surface area contributed by atoms with Gasteiger partial charge in [0.25, 0.3) is 5.56 Å². The molecule has 2 aromatic heterocycles. The maximum Gasteiger partial charge on any atom is 0.263 e. The Balaban J connectivity index is 1.53. The van der Waals surface area contributed by atoms with E-state index in [4.69, 9.17) is 0 Å². The van der Waals surface area contributed by atoms with Crippen molar-refractivity contribution in [3.63, 3.8) is 0 Å². The Kier molecular flexibility index (Phi) is 5.77. The molecule has 0 saturated heterocycles. The first-order valence-electron chi connectivity index (χ1n) is 9.90. The van der Waals surface area contributed by atoms with Gasteiger partial charge in [-0.15, -0.1) is 11.3 Å². The molecule has 1 amide bonds. The summed E-state index contributed by atoms with van der Waals surface area (Å²) < 4.78 is 1.39. The van der Waals surface area contributed by atoms with Crippen LogP contribution in [0.25, 0.3) is 21.3 Å². The van der Waals surface area contributed by atoms with Gasteiger partial charge in [0.15, 0.2) is 0 Å². The molecule has 0 aliphatic rings. The van der Waals surface area contributed by atoms with Crippen molar-refractivity contribution < 1.29 is 4.79 Å². The Hall–Kier alpha value is -3.25. The fourth-order valence-electron chi connectivity index (χ4n) is 3.64. The molecule has 0 aliphatic heterocycles. The summed E-state index contributed by atoms with van der Waals surface area (Å²) >= 11 is 1.50. The highest BCUT2D eigenvalue weighted by Gasteiger charge is 2.17. The first kappa shape index (κ1) is 20.0. The maximum absolute atomic E-state index is 13.2. The molecule has 5 nitrogen and oxygen atoms in total. The van der Waals surface area contributed by atoms with E-state index in [2.05, 4.69) is 29.4 Å². The number of rotatable bonds is 6. The van der Waals surface area contributed by atoms with Crippen molar-refractivity contribution in [2.45, 2.75) is 26.8 Å². The van der Waals surface area contributed by atoms with Crippen molar-refractivity contribution in [1.29, 1.82) is 0 Å². The van der Waals surface area contributed by atoms with Crippen LogP contribution in [0.1, 0.15) is 16.0 Å². The van der Waals surface area contributed by atoms with Gasteiger partial charge in [-0.05, 0) is 37.0 Å². The zero-order chi connectivity index (χ0) is 21.1. The number of nitrogens with zero attached hydrogens (tertiary/aromatic N) is 2. The number of amides is 1. The molecule has 0 radical (unpaired) electrons. The Morgan fingerprint density at radius 1 is 1.07 bits per heavy atom. The highest BCUT2D eigenvalue weighted by atomic mass is 32.1. The zero-order valence-corrected chi connectivity index (χ0v) is 17.8. The number of carbonyl (C=O) groups excluding carboxylic acids is 1. The van der Waals surface area contributed by atoms with Gasteiger partial charge in [-0.2, -0.15) is 0 Å². The number of fused-ring (bicyclic) bond motifs is 1. The van der Waals surface area contributed by atoms with Crippen LogP contribution in [0, 0.1) is 13.8 Å². The summed E-state index contributed by atoms with van der Waals surface area (Å²) in [6.07, 6.45) is 2.22. The fourth-order valence-corrected chi connectivity index (χ4v) is 4.64. The number of carbonyl (C=O) groups is 1. The summed E-state index contributed by atoms with van der Waals surface area (Å²) in [6, 6.07) is 18.0. The van der Waals surface area contributed by atoms with Crippen LogP contribution in [0.3, 0.4) is 0 Å². The van der Waals surface area contributed by atoms with Crippen molar-refractivity contribution >= 4 is 27.5 Å². The highest BCUT2D eigenvalue weighted by Crippen LogP contribution is 2.35. The van der Waals surface area contributed by atoms with Gasteiger partial charge in [0, 0.05) is 17.0 Å². The second-order valence-electron chi connectivity index (χ2n) is 7.28. The predicted molar refractivity (Wildman–Crippen MR) is 122 cm³/mol. The summed E-state index contributed by atoms with van der Waals surface area (Å²) in [4.78, 5) is 31.8. The van der Waals surface area contributed by atoms with Gasteiger partial charge in [-0.1, -0.05) is 54.6 Å². The van der Waals surface area contributed by atoms with E-state index in [1.165, 1.54) is 33.4 Å². The van der Waals surface area contributed by atoms with E-state index in [0.717, 1.165) is 22.4 Å². The van der Waals surface area contributed by atoms with Gasteiger partial charge in [0.1, 0.15) is 11.4 Å². The molecule has 0 bridgehead atoms. The average Bonchev–Trinajstić information content (AvgIpc) is 3.09. The number of aryl methyl sites for hydroxylation is 2. The lowest BCUT2D eigenvalue weighted by Gasteiger charge is -2.09. The number of thiophene rings is 1. The van der Waals surface area contributed by atoms with Gasteiger partial charge >= 0.3 is 0 Å². The summed E-state index contributed by atoms with van der Waals surface area (Å²) in [5.74, 6) is -0.194. The van der Waals surface area contributed by atoms with Crippen molar-refractivity contribution in [1.82, 2.24) is 14.9 Å². The minimum Gasteiger partial charge on any atom is -0.354 e. The second kappa shape index (κ2) is 8.63. The van der Waals surface area contributed by atoms with Crippen LogP contribution in [0.5, 0.6) is 0 Å². The van der Waals surface area contributed by atoms with E-state index in [9.17, 15) is 9.59 Å². The topological polar surface area (TPSA) is 64.0 Å². The molecule has 2 aromatic carbocycles. The summed E-state index contributed by atoms with van der Waals surface area (Å²) in [5.41, 5.74) is 4.12. The van der Waals surface area contributed by atoms with E-state index < -0.39 is 0 Å². The molecule has 0 atom stereocenters. The Labute approximate surface area is 179 Å². The molecule has 30 heavy (non-hydrogen) atoms. The molecule has 4 rings (SSSR count). The molecule has 6 heteroatoms. The van der Waals surface area contributed by atoms with Crippen LogP contribution in [-0.4, -0.2) is 22.0 Å². The van der Waals surface area contributed by atoms with Crippen LogP contribution in [-0.2, 0) is 17.8 Å². The quantitative estimate of drug-likeness (QED) is 0.514. The smallest absolute Gasteiger partial charge is 0.263 e. The number of hydrogen-bond donors (Lipinski definition) is 1. The molecule has 0 fully saturated rings. The number of nitrogens with one attached hydrogen (secondary N) is 1. The van der Waals surface area contributed by atoms with Crippen LogP contribution in [0.4, 0.5) is 0 Å². The minimum absolute atomic E-state index is 0.0430. The first-order valence-corrected chi connectivity index (χ1v) is 10.7. The molecule has 1 N–H and O–H groups in total. The fraction of sp³-hybridized carbons (Fsp3) is 0.208. The molecule has 2 heterocycles. The lowest BCUT2D eigenvalue weighted by atomic mass is 10.0. The van der Waals surface area contributed by atoms with Crippen LogP contribution in [0.2, 0.25) is 0 Å². The summed E-state index contributed by atoms with van der Waals surface area (Å²) in [6.45, 7) is 4.54. The van der Waals surface area contributed by atoms with E-state index >= 15 is 0 Å². The first-order chi connectivity index (χ1) is 14.5. The largest absolute Gasteiger partial charge is 0.354 e. The molecule has 4 aromatic rings. The van der Waals surface area contributed by atoms with Crippen LogP contribution < -0.4 is 10.9 Å². The van der Waals surface area contributed by atoms with Gasteiger partial charge in [-0.3, -0.25) is 14.2 Å². The molecule has 152 valence electrons. The highest BCUT2D eigenvalue weighted by molar-refractivity contribution is 7.19. The molecule has 0 unspecified atom stereocenters. The normalized spacial score (nSPS) is 11.0. The van der Waals surface area contributed by atoms with Crippen molar-refractivity contribution in [2.24, 2.45) is 0 Å². The Bertz CT molecular complexity index is 1260. The van der Waals surface area contributed by atoms with Crippen molar-refractivity contribution in [2.75, 3.05) is 6.54 Å². The third-order valence-electron chi connectivity index (χ3n) is 5.21. The number of hydrogen-bond acceptors (Lipinski definition) is 4. The Morgan fingerprint density at radius 2 is 1.80 bits per heavy atom. The van der Waals surface area contributed by atoms with Gasteiger partial charge < -0.3 is 5.32 Å². The zero-order valence-electron chi connectivity index (χ0n) is 17.0. The number of aromatic nitrogens is 2. The lowest BCUT2D eigenvalue weighted by Crippen LogP contribution is -2.33.